The van der Waals surface area contributed by atoms with Crippen LogP contribution in [0.25, 0.3) is 0 Å². The Balaban J connectivity index is 1.39. The summed E-state index contributed by atoms with van der Waals surface area (Å²) >= 11 is 9.03. The predicted molar refractivity (Wildman–Crippen MR) is 117 cm³/mol. The minimum absolute atomic E-state index is 0.166. The van der Waals surface area contributed by atoms with Gasteiger partial charge in [-0.1, -0.05) is 60.7 Å². The number of carbonyl (C=O) groups excluding carboxylic acids is 1. The Kier molecular flexibility index (Phi) is 7.96. The van der Waals surface area contributed by atoms with E-state index in [0.717, 1.165) is 53.8 Å². The molecule has 3 rings (SSSR count). The Morgan fingerprint density at radius 3 is 2.79 bits per heavy atom. The summed E-state index contributed by atoms with van der Waals surface area (Å²) in [5.41, 5.74) is 1.21. The van der Waals surface area contributed by atoms with Crippen LogP contribution >= 0.6 is 34.7 Å². The zero-order chi connectivity index (χ0) is 19.9. The van der Waals surface area contributed by atoms with Gasteiger partial charge in [0.05, 0.1) is 5.75 Å². The van der Waals surface area contributed by atoms with E-state index in [9.17, 15) is 4.79 Å². The number of nitrogens with one attached hydrogen (secondary N) is 1. The lowest BCUT2D eigenvalue weighted by Crippen LogP contribution is -2.48. The van der Waals surface area contributed by atoms with Crippen molar-refractivity contribution in [3.8, 4) is 0 Å². The van der Waals surface area contributed by atoms with Crippen molar-refractivity contribution in [3.05, 3.63) is 34.9 Å². The highest BCUT2D eigenvalue weighted by Gasteiger charge is 2.21. The molecule has 0 radical (unpaired) electrons. The normalized spacial score (nSPS) is 15.2. The van der Waals surface area contributed by atoms with Gasteiger partial charge in [-0.2, -0.15) is 0 Å². The fraction of sp³-hybridized carbons (Fsp3) is 0.526. The molecule has 1 aromatic carbocycles. The van der Waals surface area contributed by atoms with Gasteiger partial charge in [0.15, 0.2) is 4.34 Å². The molecule has 0 aliphatic carbocycles. The summed E-state index contributed by atoms with van der Waals surface area (Å²) in [7, 11) is 0. The molecule has 1 amide bonds. The van der Waals surface area contributed by atoms with E-state index < -0.39 is 0 Å². The van der Waals surface area contributed by atoms with Crippen LogP contribution in [0.1, 0.15) is 19.4 Å². The van der Waals surface area contributed by atoms with E-state index in [1.165, 1.54) is 28.7 Å². The second-order valence-electron chi connectivity index (χ2n) is 7.22. The van der Waals surface area contributed by atoms with Crippen LogP contribution in [0.5, 0.6) is 0 Å². The molecule has 0 bridgehead atoms. The molecule has 1 aliphatic rings. The van der Waals surface area contributed by atoms with Gasteiger partial charge >= 0.3 is 0 Å². The topological polar surface area (TPSA) is 61.4 Å². The minimum Gasteiger partial charge on any atom is -0.360 e. The number of piperazine rings is 1. The van der Waals surface area contributed by atoms with Crippen LogP contribution in [-0.4, -0.2) is 64.4 Å². The van der Waals surface area contributed by atoms with Gasteiger partial charge in [-0.3, -0.25) is 9.69 Å². The Morgan fingerprint density at radius 1 is 1.29 bits per heavy atom. The summed E-state index contributed by atoms with van der Waals surface area (Å²) in [6.07, 6.45) is 0. The Morgan fingerprint density at radius 2 is 2.07 bits per heavy atom. The number of amides is 1. The predicted octanol–water partition coefficient (Wildman–Crippen LogP) is 3.70. The summed E-state index contributed by atoms with van der Waals surface area (Å²) in [6, 6.07) is 7.96. The Hall–Kier alpha value is -1.35. The number of rotatable bonds is 8. The number of nitrogens with zero attached hydrogens (tertiary/aromatic N) is 4. The van der Waals surface area contributed by atoms with Crippen molar-refractivity contribution < 1.29 is 4.79 Å². The van der Waals surface area contributed by atoms with Gasteiger partial charge in [0.1, 0.15) is 0 Å². The van der Waals surface area contributed by atoms with Crippen LogP contribution in [0.15, 0.2) is 28.6 Å². The second-order valence-corrected chi connectivity index (χ2v) is 9.86. The van der Waals surface area contributed by atoms with Crippen LogP contribution in [0.4, 0.5) is 5.13 Å². The number of thioether (sulfide) groups is 1. The molecular weight excluding hydrogens is 414 g/mol. The van der Waals surface area contributed by atoms with Crippen molar-refractivity contribution >= 4 is 45.7 Å². The molecule has 152 valence electrons. The van der Waals surface area contributed by atoms with Gasteiger partial charge in [0.2, 0.25) is 11.0 Å². The van der Waals surface area contributed by atoms with E-state index in [4.69, 9.17) is 11.6 Å². The molecule has 1 aliphatic heterocycles. The van der Waals surface area contributed by atoms with Gasteiger partial charge in [0.25, 0.3) is 0 Å². The van der Waals surface area contributed by atoms with Crippen LogP contribution < -0.4 is 5.32 Å². The first-order valence-electron chi connectivity index (χ1n) is 9.44. The molecule has 0 atom stereocenters. The van der Waals surface area contributed by atoms with E-state index in [0.29, 0.717) is 11.7 Å². The van der Waals surface area contributed by atoms with Gasteiger partial charge in [-0.25, -0.2) is 0 Å². The standard InChI is InChI=1S/C19H26ClN5OS2/c1-14(2)11-21-18-22-23-19(28-18)27-13-17(26)25-8-6-24(7-9-25)12-15-4-3-5-16(20)10-15/h3-5,10,14H,6-9,11-13H2,1-2H3,(H,21,22). The van der Waals surface area contributed by atoms with Crippen molar-refractivity contribution in [2.75, 3.05) is 43.8 Å². The van der Waals surface area contributed by atoms with Crippen molar-refractivity contribution in [2.45, 2.75) is 24.7 Å². The summed E-state index contributed by atoms with van der Waals surface area (Å²) < 4.78 is 0.833. The molecule has 2 heterocycles. The van der Waals surface area contributed by atoms with Crippen LogP contribution in [0.3, 0.4) is 0 Å². The van der Waals surface area contributed by atoms with Crippen molar-refractivity contribution in [1.82, 2.24) is 20.0 Å². The lowest BCUT2D eigenvalue weighted by atomic mass is 10.2. The zero-order valence-corrected chi connectivity index (χ0v) is 18.6. The summed E-state index contributed by atoms with van der Waals surface area (Å²) in [6.45, 7) is 9.32. The Bertz CT molecular complexity index is 777. The van der Waals surface area contributed by atoms with Gasteiger partial charge in [-0.05, 0) is 23.6 Å². The van der Waals surface area contributed by atoms with Crippen LogP contribution in [-0.2, 0) is 11.3 Å². The maximum atomic E-state index is 12.5. The second kappa shape index (κ2) is 10.4. The summed E-state index contributed by atoms with van der Waals surface area (Å²) in [5.74, 6) is 1.13. The van der Waals surface area contributed by atoms with E-state index in [-0.39, 0.29) is 5.91 Å². The minimum atomic E-state index is 0.166. The average molecular weight is 440 g/mol. The maximum absolute atomic E-state index is 12.5. The quantitative estimate of drug-likeness (QED) is 0.633. The Labute approximate surface area is 179 Å². The number of halogens is 1. The number of hydrogen-bond donors (Lipinski definition) is 1. The van der Waals surface area contributed by atoms with Crippen molar-refractivity contribution in [1.29, 1.82) is 0 Å². The van der Waals surface area contributed by atoms with Crippen molar-refractivity contribution in [2.24, 2.45) is 5.92 Å². The first kappa shape index (κ1) is 21.4. The largest absolute Gasteiger partial charge is 0.360 e. The number of carbonyl (C=O) groups is 1. The third kappa shape index (κ3) is 6.62. The van der Waals surface area contributed by atoms with E-state index >= 15 is 0 Å². The molecule has 2 aromatic rings. The lowest BCUT2D eigenvalue weighted by Gasteiger charge is -2.34. The molecule has 0 spiro atoms. The molecule has 9 heteroatoms. The van der Waals surface area contributed by atoms with Gasteiger partial charge in [-0.15, -0.1) is 10.2 Å². The van der Waals surface area contributed by atoms with Crippen LogP contribution in [0, 0.1) is 5.92 Å². The molecule has 6 nitrogen and oxygen atoms in total. The zero-order valence-electron chi connectivity index (χ0n) is 16.2. The van der Waals surface area contributed by atoms with E-state index in [1.807, 2.05) is 23.1 Å². The molecule has 0 saturated carbocycles. The monoisotopic (exact) mass is 439 g/mol. The fourth-order valence-electron chi connectivity index (χ4n) is 2.89. The lowest BCUT2D eigenvalue weighted by molar-refractivity contribution is -0.130. The smallest absolute Gasteiger partial charge is 0.233 e. The molecule has 1 aromatic heterocycles. The third-order valence-electron chi connectivity index (χ3n) is 4.41. The van der Waals surface area contributed by atoms with Gasteiger partial charge in [0, 0.05) is 44.3 Å². The molecule has 1 fully saturated rings. The highest BCUT2D eigenvalue weighted by atomic mass is 35.5. The number of aromatic nitrogens is 2. The SMILES string of the molecule is CC(C)CNc1nnc(SCC(=O)N2CCN(Cc3cccc(Cl)c3)CC2)s1. The van der Waals surface area contributed by atoms with Crippen molar-refractivity contribution in [3.63, 3.8) is 0 Å². The number of benzene rings is 1. The number of anilines is 1. The molecule has 0 unspecified atom stereocenters. The summed E-state index contributed by atoms with van der Waals surface area (Å²) in [4.78, 5) is 16.8. The maximum Gasteiger partial charge on any atom is 0.233 e. The third-order valence-corrected chi connectivity index (χ3v) is 6.64. The van der Waals surface area contributed by atoms with Gasteiger partial charge < -0.3 is 10.2 Å². The summed E-state index contributed by atoms with van der Waals surface area (Å²) in [5, 5.41) is 13.1. The van der Waals surface area contributed by atoms with E-state index in [1.54, 1.807) is 0 Å². The van der Waals surface area contributed by atoms with E-state index in [2.05, 4.69) is 40.3 Å². The first-order valence-corrected chi connectivity index (χ1v) is 11.6. The fourth-order valence-corrected chi connectivity index (χ4v) is 4.77. The molecule has 28 heavy (non-hydrogen) atoms. The van der Waals surface area contributed by atoms with Crippen LogP contribution in [0.2, 0.25) is 5.02 Å². The molecular formula is C19H26ClN5OS2. The number of hydrogen-bond acceptors (Lipinski definition) is 7. The highest BCUT2D eigenvalue weighted by molar-refractivity contribution is 8.01. The average Bonchev–Trinajstić information content (AvgIpc) is 3.13. The first-order chi connectivity index (χ1) is 13.5. The molecule has 1 saturated heterocycles. The molecule has 1 N–H and O–H groups in total. The highest BCUT2D eigenvalue weighted by Crippen LogP contribution is 2.26.